The van der Waals surface area contributed by atoms with Crippen molar-refractivity contribution in [2.45, 2.75) is 19.4 Å². The van der Waals surface area contributed by atoms with Gasteiger partial charge in [0.1, 0.15) is 12.0 Å². The standard InChI is InChI=1S/C15H16Cl2N2O2/c1-9(14-12(16)3-2-4-13(14)17)7-19-15(20)10-5-11(6-18)21-8-10/h2-5,8-9H,6-7,18H2,1H3,(H,19,20). The van der Waals surface area contributed by atoms with Gasteiger partial charge in [0.2, 0.25) is 0 Å². The average Bonchev–Trinajstić information content (AvgIpc) is 2.93. The van der Waals surface area contributed by atoms with E-state index < -0.39 is 0 Å². The van der Waals surface area contributed by atoms with Gasteiger partial charge in [0.15, 0.2) is 0 Å². The second-order valence-corrected chi connectivity index (χ2v) is 5.57. The number of carbonyl (C=O) groups is 1. The first kappa shape index (κ1) is 15.9. The topological polar surface area (TPSA) is 68.3 Å². The lowest BCUT2D eigenvalue weighted by molar-refractivity contribution is 0.0951. The molecule has 0 radical (unpaired) electrons. The fourth-order valence-corrected chi connectivity index (χ4v) is 2.81. The van der Waals surface area contributed by atoms with Gasteiger partial charge in [0.25, 0.3) is 5.91 Å². The molecule has 0 spiro atoms. The predicted octanol–water partition coefficient (Wildman–Crippen LogP) is 3.58. The van der Waals surface area contributed by atoms with Crippen LogP contribution in [0.1, 0.15) is 34.5 Å². The molecule has 112 valence electrons. The highest BCUT2D eigenvalue weighted by Crippen LogP contribution is 2.30. The molecule has 1 heterocycles. The molecule has 1 aromatic carbocycles. The Hall–Kier alpha value is -1.49. The SMILES string of the molecule is CC(CNC(=O)c1coc(CN)c1)c1c(Cl)cccc1Cl. The van der Waals surface area contributed by atoms with Crippen LogP contribution in [-0.2, 0) is 6.54 Å². The van der Waals surface area contributed by atoms with Gasteiger partial charge in [-0.05, 0) is 23.8 Å². The third-order valence-electron chi connectivity index (χ3n) is 3.18. The van der Waals surface area contributed by atoms with Crippen LogP contribution in [0.2, 0.25) is 10.0 Å². The van der Waals surface area contributed by atoms with Crippen molar-refractivity contribution in [3.8, 4) is 0 Å². The fourth-order valence-electron chi connectivity index (χ4n) is 2.04. The van der Waals surface area contributed by atoms with E-state index >= 15 is 0 Å². The molecule has 1 amide bonds. The second kappa shape index (κ2) is 6.98. The number of benzene rings is 1. The highest BCUT2D eigenvalue weighted by Gasteiger charge is 2.16. The maximum absolute atomic E-state index is 12.0. The zero-order valence-electron chi connectivity index (χ0n) is 11.5. The zero-order valence-corrected chi connectivity index (χ0v) is 13.0. The van der Waals surface area contributed by atoms with E-state index in [1.807, 2.05) is 6.92 Å². The Labute approximate surface area is 133 Å². The number of furan rings is 1. The van der Waals surface area contributed by atoms with Crippen molar-refractivity contribution in [3.63, 3.8) is 0 Å². The lowest BCUT2D eigenvalue weighted by Crippen LogP contribution is -2.27. The molecule has 4 nitrogen and oxygen atoms in total. The molecule has 1 unspecified atom stereocenters. The molecular weight excluding hydrogens is 311 g/mol. The summed E-state index contributed by atoms with van der Waals surface area (Å²) in [6, 6.07) is 6.98. The van der Waals surface area contributed by atoms with Gasteiger partial charge >= 0.3 is 0 Å². The van der Waals surface area contributed by atoms with Gasteiger partial charge < -0.3 is 15.5 Å². The van der Waals surface area contributed by atoms with Crippen molar-refractivity contribution >= 4 is 29.1 Å². The number of carbonyl (C=O) groups excluding carboxylic acids is 1. The van der Waals surface area contributed by atoms with E-state index in [0.717, 1.165) is 5.56 Å². The van der Waals surface area contributed by atoms with Crippen LogP contribution >= 0.6 is 23.2 Å². The van der Waals surface area contributed by atoms with Gasteiger partial charge in [-0.15, -0.1) is 0 Å². The average molecular weight is 327 g/mol. The van der Waals surface area contributed by atoms with Gasteiger partial charge in [-0.3, -0.25) is 4.79 Å². The summed E-state index contributed by atoms with van der Waals surface area (Å²) in [5.74, 6) is 0.354. The van der Waals surface area contributed by atoms with Crippen LogP contribution < -0.4 is 11.1 Å². The Kier molecular flexibility index (Phi) is 5.28. The van der Waals surface area contributed by atoms with Crippen LogP contribution in [0.4, 0.5) is 0 Å². The third kappa shape index (κ3) is 3.79. The Morgan fingerprint density at radius 3 is 2.62 bits per heavy atom. The molecule has 0 saturated carbocycles. The largest absolute Gasteiger partial charge is 0.467 e. The van der Waals surface area contributed by atoms with E-state index in [9.17, 15) is 4.79 Å². The van der Waals surface area contributed by atoms with Crippen molar-refractivity contribution in [1.29, 1.82) is 0 Å². The van der Waals surface area contributed by atoms with Crippen LogP contribution in [0.5, 0.6) is 0 Å². The fraction of sp³-hybridized carbons (Fsp3) is 0.267. The van der Waals surface area contributed by atoms with E-state index in [-0.39, 0.29) is 18.4 Å². The maximum atomic E-state index is 12.0. The van der Waals surface area contributed by atoms with Crippen LogP contribution in [0.15, 0.2) is 34.9 Å². The maximum Gasteiger partial charge on any atom is 0.254 e. The van der Waals surface area contributed by atoms with Crippen molar-refractivity contribution in [2.75, 3.05) is 6.54 Å². The summed E-state index contributed by atoms with van der Waals surface area (Å²) >= 11 is 12.3. The summed E-state index contributed by atoms with van der Waals surface area (Å²) in [4.78, 5) is 12.0. The van der Waals surface area contributed by atoms with Crippen LogP contribution in [0.25, 0.3) is 0 Å². The zero-order chi connectivity index (χ0) is 15.4. The number of halogens is 2. The van der Waals surface area contributed by atoms with Gasteiger partial charge in [-0.25, -0.2) is 0 Å². The Morgan fingerprint density at radius 1 is 1.38 bits per heavy atom. The molecule has 2 rings (SSSR count). The Bertz CT molecular complexity index is 620. The van der Waals surface area contributed by atoms with Crippen molar-refractivity contribution in [2.24, 2.45) is 5.73 Å². The molecule has 21 heavy (non-hydrogen) atoms. The predicted molar refractivity (Wildman–Crippen MR) is 83.8 cm³/mol. The third-order valence-corrected chi connectivity index (χ3v) is 3.84. The van der Waals surface area contributed by atoms with Crippen LogP contribution in [0.3, 0.4) is 0 Å². The highest BCUT2D eigenvalue weighted by molar-refractivity contribution is 6.36. The van der Waals surface area contributed by atoms with E-state index in [4.69, 9.17) is 33.4 Å². The summed E-state index contributed by atoms with van der Waals surface area (Å²) in [6.07, 6.45) is 1.39. The van der Waals surface area contributed by atoms with Crippen LogP contribution in [-0.4, -0.2) is 12.5 Å². The van der Waals surface area contributed by atoms with Crippen molar-refractivity contribution in [1.82, 2.24) is 5.32 Å². The summed E-state index contributed by atoms with van der Waals surface area (Å²) in [6.45, 7) is 2.64. The molecule has 6 heteroatoms. The first-order valence-electron chi connectivity index (χ1n) is 6.52. The van der Waals surface area contributed by atoms with Crippen molar-refractivity contribution < 1.29 is 9.21 Å². The smallest absolute Gasteiger partial charge is 0.254 e. The minimum atomic E-state index is -0.214. The molecule has 1 atom stereocenters. The molecule has 2 aromatic rings. The quantitative estimate of drug-likeness (QED) is 0.882. The minimum Gasteiger partial charge on any atom is -0.467 e. The van der Waals surface area contributed by atoms with Gasteiger partial charge in [0.05, 0.1) is 12.1 Å². The molecule has 0 saturated heterocycles. The van der Waals surface area contributed by atoms with E-state index in [0.29, 0.717) is 27.9 Å². The van der Waals surface area contributed by atoms with E-state index in [1.54, 1.807) is 24.3 Å². The molecule has 0 aliphatic carbocycles. The van der Waals surface area contributed by atoms with Crippen LogP contribution in [0, 0.1) is 0 Å². The first-order valence-corrected chi connectivity index (χ1v) is 7.28. The van der Waals surface area contributed by atoms with Gasteiger partial charge in [-0.1, -0.05) is 36.2 Å². The van der Waals surface area contributed by atoms with Crippen molar-refractivity contribution in [3.05, 3.63) is 57.5 Å². The summed E-state index contributed by atoms with van der Waals surface area (Å²) in [5.41, 5.74) is 6.72. The highest BCUT2D eigenvalue weighted by atomic mass is 35.5. The molecule has 0 aliphatic rings. The number of nitrogens with one attached hydrogen (secondary N) is 1. The Morgan fingerprint density at radius 2 is 2.05 bits per heavy atom. The number of hydrogen-bond acceptors (Lipinski definition) is 3. The number of hydrogen-bond donors (Lipinski definition) is 2. The lowest BCUT2D eigenvalue weighted by Gasteiger charge is -2.15. The first-order chi connectivity index (χ1) is 10.0. The number of amides is 1. The second-order valence-electron chi connectivity index (χ2n) is 4.75. The van der Waals surface area contributed by atoms with Gasteiger partial charge in [0, 0.05) is 22.5 Å². The molecule has 0 bridgehead atoms. The Balaban J connectivity index is 2.00. The van der Waals surface area contributed by atoms with Gasteiger partial charge in [-0.2, -0.15) is 0 Å². The summed E-state index contributed by atoms with van der Waals surface area (Å²) in [5, 5.41) is 4.02. The summed E-state index contributed by atoms with van der Waals surface area (Å²) < 4.78 is 5.14. The molecule has 3 N–H and O–H groups in total. The van der Waals surface area contributed by atoms with E-state index in [1.165, 1.54) is 6.26 Å². The molecular formula is C15H16Cl2N2O2. The van der Waals surface area contributed by atoms with E-state index in [2.05, 4.69) is 5.32 Å². The normalized spacial score (nSPS) is 12.2. The number of rotatable bonds is 5. The summed E-state index contributed by atoms with van der Waals surface area (Å²) in [7, 11) is 0. The molecule has 1 aromatic heterocycles. The lowest BCUT2D eigenvalue weighted by atomic mass is 10.0. The monoisotopic (exact) mass is 326 g/mol. The molecule has 0 aliphatic heterocycles. The number of nitrogens with two attached hydrogens (primary N) is 1. The minimum absolute atomic E-state index is 0.00368. The molecule has 0 fully saturated rings.